The normalized spacial score (nSPS) is 11.1. The number of hydrogen-bond acceptors (Lipinski definition) is 3. The zero-order valence-corrected chi connectivity index (χ0v) is 13.6. The number of nitrogens with zero attached hydrogens (tertiary/aromatic N) is 1. The van der Waals surface area contributed by atoms with Crippen molar-refractivity contribution in [3.63, 3.8) is 0 Å². The predicted molar refractivity (Wildman–Crippen MR) is 90.7 cm³/mol. The van der Waals surface area contributed by atoms with Gasteiger partial charge in [-0.25, -0.2) is 9.37 Å². The Morgan fingerprint density at radius 2 is 1.76 bits per heavy atom. The van der Waals surface area contributed by atoms with E-state index in [4.69, 9.17) is 0 Å². The Morgan fingerprint density at radius 3 is 2.52 bits per heavy atom. The van der Waals surface area contributed by atoms with Gasteiger partial charge in [0.25, 0.3) is 0 Å². The maximum atomic E-state index is 13.1. The zero-order valence-electron chi connectivity index (χ0n) is 12.8. The van der Waals surface area contributed by atoms with Gasteiger partial charge in [0.15, 0.2) is 5.13 Å². The smallest absolute Gasteiger partial charge is 0.183 e. The number of hydrogen-bond donors (Lipinski definition) is 1. The predicted octanol–water partition coefficient (Wildman–Crippen LogP) is 5.99. The van der Waals surface area contributed by atoms with Crippen LogP contribution in [0.4, 0.5) is 9.52 Å². The number of nitrogens with one attached hydrogen (secondary N) is 1. The summed E-state index contributed by atoms with van der Waals surface area (Å²) >= 11 is 1.53. The van der Waals surface area contributed by atoms with Crippen molar-refractivity contribution in [2.24, 2.45) is 0 Å². The lowest BCUT2D eigenvalue weighted by atomic mass is 10.1. The average Bonchev–Trinajstić information content (AvgIpc) is 2.87. The van der Waals surface area contributed by atoms with Gasteiger partial charge in [0.05, 0.1) is 10.2 Å². The van der Waals surface area contributed by atoms with Crippen LogP contribution in [-0.4, -0.2) is 11.5 Å². The highest BCUT2D eigenvalue weighted by molar-refractivity contribution is 7.22. The fourth-order valence-electron chi connectivity index (χ4n) is 2.43. The number of aromatic nitrogens is 1. The molecule has 2 nitrogen and oxygen atoms in total. The van der Waals surface area contributed by atoms with E-state index in [0.29, 0.717) is 0 Å². The molecular formula is C17H25FN2S. The van der Waals surface area contributed by atoms with Crippen LogP contribution in [0.1, 0.15) is 58.3 Å². The Bertz CT molecular complexity index is 539. The van der Waals surface area contributed by atoms with Gasteiger partial charge in [0.2, 0.25) is 0 Å². The van der Waals surface area contributed by atoms with Gasteiger partial charge in [-0.05, 0) is 24.6 Å². The first kappa shape index (κ1) is 16.2. The van der Waals surface area contributed by atoms with Crippen molar-refractivity contribution >= 4 is 26.7 Å². The van der Waals surface area contributed by atoms with Crippen LogP contribution >= 0.6 is 11.3 Å². The van der Waals surface area contributed by atoms with E-state index in [-0.39, 0.29) is 5.82 Å². The molecule has 21 heavy (non-hydrogen) atoms. The fraction of sp³-hybridized carbons (Fsp3) is 0.588. The third-order valence-electron chi connectivity index (χ3n) is 3.66. The van der Waals surface area contributed by atoms with Crippen molar-refractivity contribution in [3.8, 4) is 0 Å². The summed E-state index contributed by atoms with van der Waals surface area (Å²) in [6, 6.07) is 4.75. The number of halogens is 1. The first-order valence-corrected chi connectivity index (χ1v) is 8.91. The van der Waals surface area contributed by atoms with Gasteiger partial charge in [-0.1, -0.05) is 63.2 Å². The second-order valence-electron chi connectivity index (χ2n) is 5.53. The summed E-state index contributed by atoms with van der Waals surface area (Å²) in [5.74, 6) is -0.194. The number of rotatable bonds is 10. The molecule has 0 aliphatic heterocycles. The van der Waals surface area contributed by atoms with Crippen molar-refractivity contribution in [3.05, 3.63) is 24.0 Å². The Hall–Kier alpha value is -1.16. The van der Waals surface area contributed by atoms with Gasteiger partial charge in [-0.15, -0.1) is 0 Å². The minimum absolute atomic E-state index is 0.194. The molecule has 0 aliphatic carbocycles. The zero-order chi connectivity index (χ0) is 14.9. The van der Waals surface area contributed by atoms with E-state index in [9.17, 15) is 4.39 Å². The summed E-state index contributed by atoms with van der Waals surface area (Å²) in [6.45, 7) is 3.21. The van der Waals surface area contributed by atoms with Crippen LogP contribution in [0.2, 0.25) is 0 Å². The second kappa shape index (κ2) is 8.98. The molecule has 0 bridgehead atoms. The summed E-state index contributed by atoms with van der Waals surface area (Å²) < 4.78 is 14.0. The molecule has 0 atom stereocenters. The first-order valence-electron chi connectivity index (χ1n) is 8.09. The quantitative estimate of drug-likeness (QED) is 0.545. The molecule has 0 aliphatic rings. The van der Waals surface area contributed by atoms with E-state index in [0.717, 1.165) is 21.9 Å². The van der Waals surface area contributed by atoms with E-state index in [1.807, 2.05) is 0 Å². The van der Waals surface area contributed by atoms with Crippen molar-refractivity contribution in [2.45, 2.75) is 58.3 Å². The molecule has 2 aromatic rings. The first-order chi connectivity index (χ1) is 10.3. The maximum absolute atomic E-state index is 13.1. The summed E-state index contributed by atoms with van der Waals surface area (Å²) in [5, 5.41) is 4.25. The number of benzene rings is 1. The van der Waals surface area contributed by atoms with Crippen LogP contribution in [0.25, 0.3) is 10.2 Å². The molecular weight excluding hydrogens is 283 g/mol. The molecule has 2 rings (SSSR count). The van der Waals surface area contributed by atoms with E-state index >= 15 is 0 Å². The van der Waals surface area contributed by atoms with E-state index in [2.05, 4.69) is 17.2 Å². The molecule has 4 heteroatoms. The third-order valence-corrected chi connectivity index (χ3v) is 4.63. The standard InChI is InChI=1S/C17H25FN2S/c1-2-3-4-5-6-7-8-9-12-19-17-20-15-11-10-14(18)13-16(15)21-17/h10-11,13H,2-9,12H2,1H3,(H,19,20). The fourth-order valence-corrected chi connectivity index (χ4v) is 3.34. The summed E-state index contributed by atoms with van der Waals surface area (Å²) in [7, 11) is 0. The Morgan fingerprint density at radius 1 is 1.05 bits per heavy atom. The summed E-state index contributed by atoms with van der Waals surface area (Å²) in [4.78, 5) is 4.46. The topological polar surface area (TPSA) is 24.9 Å². The van der Waals surface area contributed by atoms with Crippen LogP contribution < -0.4 is 5.32 Å². The van der Waals surface area contributed by atoms with Gasteiger partial charge in [-0.2, -0.15) is 0 Å². The molecule has 116 valence electrons. The van der Waals surface area contributed by atoms with Crippen LogP contribution in [0.5, 0.6) is 0 Å². The average molecular weight is 308 g/mol. The van der Waals surface area contributed by atoms with Gasteiger partial charge in [-0.3, -0.25) is 0 Å². The lowest BCUT2D eigenvalue weighted by Crippen LogP contribution is -2.00. The molecule has 0 unspecified atom stereocenters. The number of fused-ring (bicyclic) bond motifs is 1. The Kier molecular flexibility index (Phi) is 6.93. The largest absolute Gasteiger partial charge is 0.361 e. The number of unbranched alkanes of at least 4 members (excludes halogenated alkanes) is 7. The molecule has 0 amide bonds. The lowest BCUT2D eigenvalue weighted by Gasteiger charge is -2.03. The van der Waals surface area contributed by atoms with Crippen LogP contribution in [0.15, 0.2) is 18.2 Å². The SMILES string of the molecule is CCCCCCCCCCNc1nc2ccc(F)cc2s1. The minimum atomic E-state index is -0.194. The number of thiazole rings is 1. The molecule has 0 saturated carbocycles. The van der Waals surface area contributed by atoms with Crippen LogP contribution in [0, 0.1) is 5.82 Å². The molecule has 1 aromatic carbocycles. The molecule has 0 spiro atoms. The van der Waals surface area contributed by atoms with Crippen molar-refractivity contribution < 1.29 is 4.39 Å². The Labute approximate surface area is 130 Å². The highest BCUT2D eigenvalue weighted by Crippen LogP contribution is 2.26. The highest BCUT2D eigenvalue weighted by Gasteiger charge is 2.03. The van der Waals surface area contributed by atoms with E-state index in [1.165, 1.54) is 68.8 Å². The second-order valence-corrected chi connectivity index (χ2v) is 6.56. The monoisotopic (exact) mass is 308 g/mol. The van der Waals surface area contributed by atoms with Gasteiger partial charge in [0.1, 0.15) is 5.82 Å². The van der Waals surface area contributed by atoms with Crippen molar-refractivity contribution in [2.75, 3.05) is 11.9 Å². The number of anilines is 1. The molecule has 0 fully saturated rings. The molecule has 0 radical (unpaired) electrons. The van der Waals surface area contributed by atoms with Gasteiger partial charge < -0.3 is 5.32 Å². The molecule has 1 aromatic heterocycles. The van der Waals surface area contributed by atoms with E-state index < -0.39 is 0 Å². The maximum Gasteiger partial charge on any atom is 0.183 e. The highest BCUT2D eigenvalue weighted by atomic mass is 32.1. The molecule has 0 saturated heterocycles. The third kappa shape index (κ3) is 5.62. The van der Waals surface area contributed by atoms with Gasteiger partial charge in [0, 0.05) is 6.54 Å². The summed E-state index contributed by atoms with van der Waals surface area (Å²) in [6.07, 6.45) is 10.6. The minimum Gasteiger partial charge on any atom is -0.361 e. The van der Waals surface area contributed by atoms with Crippen LogP contribution in [-0.2, 0) is 0 Å². The molecule has 1 heterocycles. The van der Waals surface area contributed by atoms with Crippen LogP contribution in [0.3, 0.4) is 0 Å². The van der Waals surface area contributed by atoms with Crippen molar-refractivity contribution in [1.82, 2.24) is 4.98 Å². The van der Waals surface area contributed by atoms with E-state index in [1.54, 1.807) is 12.1 Å². The summed E-state index contributed by atoms with van der Waals surface area (Å²) in [5.41, 5.74) is 0.875. The lowest BCUT2D eigenvalue weighted by molar-refractivity contribution is 0.581. The van der Waals surface area contributed by atoms with Gasteiger partial charge >= 0.3 is 0 Å². The van der Waals surface area contributed by atoms with Crippen molar-refractivity contribution in [1.29, 1.82) is 0 Å². The molecule has 1 N–H and O–H groups in total. The Balaban J connectivity index is 1.59.